The van der Waals surface area contributed by atoms with Crippen molar-refractivity contribution in [3.8, 4) is 0 Å². The maximum Gasteiger partial charge on any atom is 0.224 e. The molecule has 0 unspecified atom stereocenters. The van der Waals surface area contributed by atoms with Crippen molar-refractivity contribution in [1.82, 2.24) is 9.97 Å². The molecule has 1 N–H and O–H groups in total. The number of hydrogen-bond donors (Lipinski definition) is 1. The number of thiophene rings is 1. The lowest BCUT2D eigenvalue weighted by atomic mass is 10.2. The summed E-state index contributed by atoms with van der Waals surface area (Å²) < 4.78 is 1.09. The van der Waals surface area contributed by atoms with E-state index >= 15 is 0 Å². The standard InChI is InChI=1S/C10H12ClN3S/c1-3-4-6-5-15-8-7(6)13-10(11)14-9(8)12-2/h5H,3-4H2,1-2H3,(H,12,13,14). The van der Waals surface area contributed by atoms with E-state index in [9.17, 15) is 0 Å². The number of hydrogen-bond acceptors (Lipinski definition) is 4. The molecular formula is C10H12ClN3S. The summed E-state index contributed by atoms with van der Waals surface area (Å²) >= 11 is 7.54. The average Bonchev–Trinajstić information content (AvgIpc) is 2.61. The van der Waals surface area contributed by atoms with Gasteiger partial charge in [0, 0.05) is 7.05 Å². The van der Waals surface area contributed by atoms with Crippen LogP contribution in [0.5, 0.6) is 0 Å². The number of halogens is 1. The van der Waals surface area contributed by atoms with Crippen molar-refractivity contribution in [3.63, 3.8) is 0 Å². The molecule has 0 spiro atoms. The van der Waals surface area contributed by atoms with Crippen LogP contribution in [-0.2, 0) is 6.42 Å². The number of nitrogens with zero attached hydrogens (tertiary/aromatic N) is 2. The molecule has 0 saturated carbocycles. The van der Waals surface area contributed by atoms with Crippen molar-refractivity contribution in [3.05, 3.63) is 16.2 Å². The summed E-state index contributed by atoms with van der Waals surface area (Å²) in [6.07, 6.45) is 2.15. The van der Waals surface area contributed by atoms with E-state index < -0.39 is 0 Å². The maximum absolute atomic E-state index is 5.87. The fourth-order valence-corrected chi connectivity index (χ4v) is 2.76. The summed E-state index contributed by atoms with van der Waals surface area (Å²) in [6, 6.07) is 0. The van der Waals surface area contributed by atoms with Gasteiger partial charge >= 0.3 is 0 Å². The van der Waals surface area contributed by atoms with Gasteiger partial charge in [0.25, 0.3) is 0 Å². The number of aryl methyl sites for hydroxylation is 1. The molecule has 2 aromatic rings. The molecule has 0 aliphatic rings. The number of rotatable bonds is 3. The predicted octanol–water partition coefficient (Wildman–Crippen LogP) is 3.34. The van der Waals surface area contributed by atoms with Gasteiger partial charge in [-0.05, 0) is 29.0 Å². The minimum absolute atomic E-state index is 0.308. The molecule has 0 aliphatic heterocycles. The van der Waals surface area contributed by atoms with Crippen molar-refractivity contribution < 1.29 is 0 Å². The van der Waals surface area contributed by atoms with E-state index in [0.717, 1.165) is 28.9 Å². The lowest BCUT2D eigenvalue weighted by Crippen LogP contribution is -1.95. The van der Waals surface area contributed by atoms with E-state index in [4.69, 9.17) is 11.6 Å². The first-order valence-corrected chi connectivity index (χ1v) is 6.13. The summed E-state index contributed by atoms with van der Waals surface area (Å²) in [5.74, 6) is 0.817. The Balaban J connectivity index is 2.64. The van der Waals surface area contributed by atoms with Gasteiger partial charge in [-0.1, -0.05) is 13.3 Å². The van der Waals surface area contributed by atoms with E-state index in [2.05, 4.69) is 27.6 Å². The Morgan fingerprint density at radius 3 is 2.93 bits per heavy atom. The molecule has 0 fully saturated rings. The first-order valence-electron chi connectivity index (χ1n) is 4.87. The molecule has 80 valence electrons. The van der Waals surface area contributed by atoms with Crippen LogP contribution in [0, 0.1) is 0 Å². The van der Waals surface area contributed by atoms with Crippen LogP contribution in [0.4, 0.5) is 5.82 Å². The molecule has 0 radical (unpaired) electrons. The topological polar surface area (TPSA) is 37.8 Å². The second-order valence-corrected chi connectivity index (χ2v) is 4.50. The fourth-order valence-electron chi connectivity index (χ4n) is 1.55. The SMILES string of the molecule is CCCc1csc2c(NC)nc(Cl)nc12. The van der Waals surface area contributed by atoms with Crippen LogP contribution >= 0.6 is 22.9 Å². The predicted molar refractivity (Wildman–Crippen MR) is 66.0 cm³/mol. The van der Waals surface area contributed by atoms with Gasteiger partial charge in [0.2, 0.25) is 5.28 Å². The highest BCUT2D eigenvalue weighted by molar-refractivity contribution is 7.18. The number of fused-ring (bicyclic) bond motifs is 1. The van der Waals surface area contributed by atoms with E-state index in [-0.39, 0.29) is 0 Å². The van der Waals surface area contributed by atoms with Gasteiger partial charge in [0.05, 0.1) is 10.2 Å². The molecule has 0 saturated heterocycles. The second-order valence-electron chi connectivity index (χ2n) is 3.28. The van der Waals surface area contributed by atoms with E-state index in [1.54, 1.807) is 11.3 Å². The van der Waals surface area contributed by atoms with Gasteiger partial charge < -0.3 is 5.32 Å². The lowest BCUT2D eigenvalue weighted by Gasteiger charge is -2.01. The van der Waals surface area contributed by atoms with Crippen LogP contribution in [-0.4, -0.2) is 17.0 Å². The molecule has 0 aliphatic carbocycles. The quantitative estimate of drug-likeness (QED) is 0.838. The third-order valence-corrected chi connectivity index (χ3v) is 3.41. The molecule has 0 aromatic carbocycles. The largest absolute Gasteiger partial charge is 0.372 e. The summed E-state index contributed by atoms with van der Waals surface area (Å²) in [4.78, 5) is 8.43. The van der Waals surface area contributed by atoms with Gasteiger partial charge in [-0.2, -0.15) is 4.98 Å². The molecule has 2 heterocycles. The second kappa shape index (κ2) is 4.33. The zero-order valence-electron chi connectivity index (χ0n) is 8.67. The fraction of sp³-hybridized carbons (Fsp3) is 0.400. The van der Waals surface area contributed by atoms with E-state index in [0.29, 0.717) is 5.28 Å². The molecule has 0 atom stereocenters. The molecule has 0 bridgehead atoms. The van der Waals surface area contributed by atoms with Crippen molar-refractivity contribution in [2.24, 2.45) is 0 Å². The molecule has 15 heavy (non-hydrogen) atoms. The third-order valence-electron chi connectivity index (χ3n) is 2.22. The Hall–Kier alpha value is -0.870. The van der Waals surface area contributed by atoms with Crippen LogP contribution in [0.25, 0.3) is 10.2 Å². The van der Waals surface area contributed by atoms with Gasteiger partial charge in [0.15, 0.2) is 0 Å². The normalized spacial score (nSPS) is 10.9. The summed E-state index contributed by atoms with van der Waals surface area (Å²) in [5.41, 5.74) is 2.25. The van der Waals surface area contributed by atoms with Crippen LogP contribution in [0.15, 0.2) is 5.38 Å². The molecule has 2 aromatic heterocycles. The van der Waals surface area contributed by atoms with E-state index in [1.807, 2.05) is 7.05 Å². The van der Waals surface area contributed by atoms with Gasteiger partial charge in [-0.15, -0.1) is 11.3 Å². The molecule has 0 amide bonds. The summed E-state index contributed by atoms with van der Waals surface area (Å²) in [5, 5.41) is 5.49. The maximum atomic E-state index is 5.87. The van der Waals surface area contributed by atoms with Crippen LogP contribution in [0.2, 0.25) is 5.28 Å². The van der Waals surface area contributed by atoms with E-state index in [1.165, 1.54) is 5.56 Å². The third kappa shape index (κ3) is 1.92. The van der Waals surface area contributed by atoms with Crippen LogP contribution in [0.3, 0.4) is 0 Å². The van der Waals surface area contributed by atoms with Crippen molar-refractivity contribution in [2.45, 2.75) is 19.8 Å². The minimum Gasteiger partial charge on any atom is -0.372 e. The number of anilines is 1. The highest BCUT2D eigenvalue weighted by atomic mass is 35.5. The van der Waals surface area contributed by atoms with Crippen molar-refractivity contribution in [2.75, 3.05) is 12.4 Å². The number of aromatic nitrogens is 2. The Morgan fingerprint density at radius 1 is 1.47 bits per heavy atom. The molecule has 5 heteroatoms. The van der Waals surface area contributed by atoms with Crippen molar-refractivity contribution >= 4 is 39.0 Å². The summed E-state index contributed by atoms with van der Waals surface area (Å²) in [6.45, 7) is 2.16. The molecule has 3 nitrogen and oxygen atoms in total. The lowest BCUT2D eigenvalue weighted by molar-refractivity contribution is 0.929. The molecule has 2 rings (SSSR count). The number of nitrogens with one attached hydrogen (secondary N) is 1. The van der Waals surface area contributed by atoms with Crippen LogP contribution < -0.4 is 5.32 Å². The summed E-state index contributed by atoms with van der Waals surface area (Å²) in [7, 11) is 1.84. The Bertz CT molecular complexity index is 481. The average molecular weight is 242 g/mol. The van der Waals surface area contributed by atoms with Gasteiger partial charge in [-0.3, -0.25) is 0 Å². The smallest absolute Gasteiger partial charge is 0.224 e. The molecular weight excluding hydrogens is 230 g/mol. The monoisotopic (exact) mass is 241 g/mol. The van der Waals surface area contributed by atoms with Gasteiger partial charge in [-0.25, -0.2) is 4.98 Å². The Labute approximate surface area is 97.5 Å². The van der Waals surface area contributed by atoms with Crippen LogP contribution in [0.1, 0.15) is 18.9 Å². The Kier molecular flexibility index (Phi) is 3.07. The Morgan fingerprint density at radius 2 is 2.27 bits per heavy atom. The highest BCUT2D eigenvalue weighted by Crippen LogP contribution is 2.31. The highest BCUT2D eigenvalue weighted by Gasteiger charge is 2.11. The zero-order valence-corrected chi connectivity index (χ0v) is 10.2. The first-order chi connectivity index (χ1) is 7.26. The zero-order chi connectivity index (χ0) is 10.8. The van der Waals surface area contributed by atoms with Gasteiger partial charge in [0.1, 0.15) is 5.82 Å². The van der Waals surface area contributed by atoms with Crippen molar-refractivity contribution in [1.29, 1.82) is 0 Å². The minimum atomic E-state index is 0.308. The first kappa shape index (κ1) is 10.6.